The first-order chi connectivity index (χ1) is 11.3. The summed E-state index contributed by atoms with van der Waals surface area (Å²) in [5.74, 6) is -0.0549. The van der Waals surface area contributed by atoms with Crippen molar-refractivity contribution < 1.29 is 9.50 Å². The minimum Gasteiger partial charge on any atom is -0.507 e. The van der Waals surface area contributed by atoms with Crippen molar-refractivity contribution in [1.82, 2.24) is 0 Å². The molecule has 0 aliphatic carbocycles. The van der Waals surface area contributed by atoms with E-state index in [0.29, 0.717) is 12.1 Å². The number of nitrogens with two attached hydrogens (primary N) is 1. The third-order valence-electron chi connectivity index (χ3n) is 4.08. The number of phenols is 1. The molecule has 0 bridgehead atoms. The predicted molar refractivity (Wildman–Crippen MR) is 99.8 cm³/mol. The minimum absolute atomic E-state index is 0.229. The molecule has 2 aromatic rings. The number of hydrogen-bond donors (Lipinski definition) is 3. The van der Waals surface area contributed by atoms with Crippen LogP contribution in [0.3, 0.4) is 0 Å². The normalized spacial score (nSPS) is 11.8. The molecular weight excluding hydrogens is 303 g/mol. The quantitative estimate of drug-likeness (QED) is 0.659. The van der Waals surface area contributed by atoms with E-state index in [-0.39, 0.29) is 17.0 Å². The van der Waals surface area contributed by atoms with E-state index in [1.165, 1.54) is 12.1 Å². The molecule has 0 radical (unpaired) electrons. The summed E-state index contributed by atoms with van der Waals surface area (Å²) in [5, 5.41) is 13.2. The van der Waals surface area contributed by atoms with Crippen molar-refractivity contribution >= 4 is 17.5 Å². The summed E-state index contributed by atoms with van der Waals surface area (Å²) in [6.07, 6.45) is 4.53. The summed E-state index contributed by atoms with van der Waals surface area (Å²) in [6, 6.07) is 9.97. The van der Waals surface area contributed by atoms with Gasteiger partial charge in [0.15, 0.2) is 0 Å². The lowest BCUT2D eigenvalue weighted by atomic mass is 9.80. The molecule has 0 unspecified atom stereocenters. The third kappa shape index (κ3) is 4.28. The van der Waals surface area contributed by atoms with E-state index in [0.717, 1.165) is 23.4 Å². The van der Waals surface area contributed by atoms with Gasteiger partial charge in [-0.1, -0.05) is 26.0 Å². The number of rotatable bonds is 6. The van der Waals surface area contributed by atoms with Gasteiger partial charge in [0, 0.05) is 29.5 Å². The van der Waals surface area contributed by atoms with Gasteiger partial charge in [-0.05, 0) is 54.7 Å². The highest BCUT2D eigenvalue weighted by molar-refractivity contribution is 5.62. The lowest BCUT2D eigenvalue weighted by Crippen LogP contribution is -2.18. The molecule has 4 N–H and O–H groups in total. The van der Waals surface area contributed by atoms with Crippen LogP contribution in [0.4, 0.5) is 15.8 Å². The second kappa shape index (κ2) is 7.39. The van der Waals surface area contributed by atoms with Gasteiger partial charge >= 0.3 is 0 Å². The predicted octanol–water partition coefficient (Wildman–Crippen LogP) is 4.93. The Bertz CT molecular complexity index is 738. The summed E-state index contributed by atoms with van der Waals surface area (Å²) < 4.78 is 13.5. The van der Waals surface area contributed by atoms with Gasteiger partial charge in [-0.25, -0.2) is 4.39 Å². The Kier molecular flexibility index (Phi) is 5.50. The van der Waals surface area contributed by atoms with E-state index < -0.39 is 0 Å². The van der Waals surface area contributed by atoms with Crippen LogP contribution in [0.1, 0.15) is 38.3 Å². The standard InChI is InChI=1S/C20H25FN2O/c1-4-23-16-9-7-14(19(24)13-16)6-5-11-20(2,3)17-12-15(21)8-10-18(17)22/h5-10,12-13,23-24H,4,11,22H2,1-3H3/b6-5+. The monoisotopic (exact) mass is 328 g/mol. The molecule has 2 aromatic carbocycles. The molecule has 0 spiro atoms. The Morgan fingerprint density at radius 2 is 1.96 bits per heavy atom. The van der Waals surface area contributed by atoms with E-state index >= 15 is 0 Å². The van der Waals surface area contributed by atoms with Crippen LogP contribution in [-0.2, 0) is 5.41 Å². The van der Waals surface area contributed by atoms with Crippen molar-refractivity contribution in [3.05, 3.63) is 59.4 Å². The number of aromatic hydroxyl groups is 1. The fourth-order valence-corrected chi connectivity index (χ4v) is 2.70. The maximum absolute atomic E-state index is 13.5. The Morgan fingerprint density at radius 3 is 2.62 bits per heavy atom. The Hall–Kier alpha value is -2.49. The van der Waals surface area contributed by atoms with Gasteiger partial charge in [-0.15, -0.1) is 0 Å². The van der Waals surface area contributed by atoms with Gasteiger partial charge in [0.2, 0.25) is 0 Å². The topological polar surface area (TPSA) is 58.3 Å². The zero-order valence-electron chi connectivity index (χ0n) is 14.4. The van der Waals surface area contributed by atoms with Crippen molar-refractivity contribution in [3.8, 4) is 5.75 Å². The maximum Gasteiger partial charge on any atom is 0.124 e. The van der Waals surface area contributed by atoms with E-state index in [1.807, 2.05) is 45.1 Å². The Labute approximate surface area is 143 Å². The Balaban J connectivity index is 2.14. The van der Waals surface area contributed by atoms with E-state index in [1.54, 1.807) is 12.1 Å². The molecule has 0 fully saturated rings. The van der Waals surface area contributed by atoms with Gasteiger partial charge in [0.25, 0.3) is 0 Å². The molecule has 2 rings (SSSR count). The number of anilines is 2. The van der Waals surface area contributed by atoms with Crippen molar-refractivity contribution in [1.29, 1.82) is 0 Å². The van der Waals surface area contributed by atoms with Crippen LogP contribution in [0.25, 0.3) is 6.08 Å². The van der Waals surface area contributed by atoms with Crippen LogP contribution >= 0.6 is 0 Å². The first kappa shape index (κ1) is 17.9. The average Bonchev–Trinajstić information content (AvgIpc) is 2.52. The molecule has 0 amide bonds. The summed E-state index contributed by atoms with van der Waals surface area (Å²) in [7, 11) is 0. The number of nitrogen functional groups attached to an aromatic ring is 1. The molecule has 0 saturated carbocycles. The molecule has 0 heterocycles. The van der Waals surface area contributed by atoms with Crippen LogP contribution in [0.2, 0.25) is 0 Å². The number of phenolic OH excluding ortho intramolecular Hbond substituents is 1. The van der Waals surface area contributed by atoms with Gasteiger partial charge in [-0.2, -0.15) is 0 Å². The van der Waals surface area contributed by atoms with Crippen LogP contribution in [0, 0.1) is 5.82 Å². The number of benzene rings is 2. The van der Waals surface area contributed by atoms with Gasteiger partial charge in [-0.3, -0.25) is 0 Å². The molecule has 3 nitrogen and oxygen atoms in total. The van der Waals surface area contributed by atoms with E-state index in [9.17, 15) is 9.50 Å². The number of halogens is 1. The number of hydrogen-bond acceptors (Lipinski definition) is 3. The summed E-state index contributed by atoms with van der Waals surface area (Å²) in [4.78, 5) is 0. The molecule has 0 aromatic heterocycles. The fourth-order valence-electron chi connectivity index (χ4n) is 2.70. The van der Waals surface area contributed by atoms with Gasteiger partial charge in [0.1, 0.15) is 11.6 Å². The fraction of sp³-hybridized carbons (Fsp3) is 0.300. The largest absolute Gasteiger partial charge is 0.507 e. The average molecular weight is 328 g/mol. The minimum atomic E-state index is -0.304. The molecule has 0 saturated heterocycles. The smallest absolute Gasteiger partial charge is 0.124 e. The maximum atomic E-state index is 13.5. The highest BCUT2D eigenvalue weighted by Crippen LogP contribution is 2.33. The van der Waals surface area contributed by atoms with E-state index in [2.05, 4.69) is 5.32 Å². The number of allylic oxidation sites excluding steroid dienone is 1. The Morgan fingerprint density at radius 1 is 1.21 bits per heavy atom. The van der Waals surface area contributed by atoms with Crippen LogP contribution < -0.4 is 11.1 Å². The van der Waals surface area contributed by atoms with Gasteiger partial charge in [0.05, 0.1) is 0 Å². The third-order valence-corrected chi connectivity index (χ3v) is 4.08. The molecule has 24 heavy (non-hydrogen) atoms. The summed E-state index contributed by atoms with van der Waals surface area (Å²) in [6.45, 7) is 6.86. The highest BCUT2D eigenvalue weighted by atomic mass is 19.1. The van der Waals surface area contributed by atoms with Crippen molar-refractivity contribution in [2.75, 3.05) is 17.6 Å². The zero-order valence-corrected chi connectivity index (χ0v) is 14.4. The zero-order chi connectivity index (χ0) is 17.7. The van der Waals surface area contributed by atoms with Crippen molar-refractivity contribution in [3.63, 3.8) is 0 Å². The SMILES string of the molecule is CCNc1ccc(/C=C/CC(C)(C)c2cc(F)ccc2N)c(O)c1. The summed E-state index contributed by atoms with van der Waals surface area (Å²) >= 11 is 0. The van der Waals surface area contributed by atoms with Crippen LogP contribution in [0.5, 0.6) is 5.75 Å². The lowest BCUT2D eigenvalue weighted by Gasteiger charge is -2.25. The molecule has 4 heteroatoms. The first-order valence-corrected chi connectivity index (χ1v) is 8.12. The molecule has 128 valence electrons. The molecule has 0 aliphatic heterocycles. The van der Waals surface area contributed by atoms with Crippen molar-refractivity contribution in [2.24, 2.45) is 0 Å². The molecular formula is C20H25FN2O. The van der Waals surface area contributed by atoms with Crippen LogP contribution in [0.15, 0.2) is 42.5 Å². The summed E-state index contributed by atoms with van der Waals surface area (Å²) in [5.41, 5.74) is 8.71. The van der Waals surface area contributed by atoms with Gasteiger partial charge < -0.3 is 16.2 Å². The van der Waals surface area contributed by atoms with Crippen LogP contribution in [-0.4, -0.2) is 11.7 Å². The van der Waals surface area contributed by atoms with E-state index in [4.69, 9.17) is 5.73 Å². The number of nitrogens with one attached hydrogen (secondary N) is 1. The van der Waals surface area contributed by atoms with Crippen molar-refractivity contribution in [2.45, 2.75) is 32.6 Å². The lowest BCUT2D eigenvalue weighted by molar-refractivity contribution is 0.474. The second-order valence-corrected chi connectivity index (χ2v) is 6.53. The highest BCUT2D eigenvalue weighted by Gasteiger charge is 2.22. The second-order valence-electron chi connectivity index (χ2n) is 6.53. The molecule has 0 aliphatic rings. The first-order valence-electron chi connectivity index (χ1n) is 8.12. The molecule has 0 atom stereocenters.